The third-order valence-corrected chi connectivity index (χ3v) is 3.14. The van der Waals surface area contributed by atoms with Gasteiger partial charge in [-0.15, -0.1) is 0 Å². The Balaban J connectivity index is 2.52. The number of hydrogen-bond donors (Lipinski definition) is 1. The number of unbranched alkanes of at least 4 members (excludes halogenated alkanes) is 1. The van der Waals surface area contributed by atoms with Gasteiger partial charge in [-0.2, -0.15) is 0 Å². The summed E-state index contributed by atoms with van der Waals surface area (Å²) in [4.78, 5) is 3.89. The molecule has 0 saturated heterocycles. The molecule has 1 aromatic heterocycles. The minimum Gasteiger partial charge on any atom is -0.380 e. The number of nitrogens with two attached hydrogens (primary N) is 1. The largest absolute Gasteiger partial charge is 0.380 e. The van der Waals surface area contributed by atoms with E-state index in [-0.39, 0.29) is 5.03 Å². The predicted molar refractivity (Wildman–Crippen MR) is 64.1 cm³/mol. The molecule has 2 N–H and O–H groups in total. The van der Waals surface area contributed by atoms with Gasteiger partial charge in [0.25, 0.3) is 10.0 Å². The molecule has 0 atom stereocenters. The van der Waals surface area contributed by atoms with Gasteiger partial charge in [0, 0.05) is 19.3 Å². The maximum Gasteiger partial charge on any atom is 0.257 e. The average Bonchev–Trinajstić information content (AvgIpc) is 2.60. The third kappa shape index (κ3) is 4.45. The van der Waals surface area contributed by atoms with Gasteiger partial charge in [-0.05, 0) is 13.3 Å². The Morgan fingerprint density at radius 1 is 1.47 bits per heavy atom. The zero-order valence-corrected chi connectivity index (χ0v) is 11.0. The van der Waals surface area contributed by atoms with E-state index in [4.69, 9.17) is 9.88 Å². The van der Waals surface area contributed by atoms with Crippen LogP contribution in [0.4, 0.5) is 0 Å². The van der Waals surface area contributed by atoms with E-state index in [0.29, 0.717) is 19.0 Å². The summed E-state index contributed by atoms with van der Waals surface area (Å²) in [5.74, 6) is 0.619. The summed E-state index contributed by atoms with van der Waals surface area (Å²) in [7, 11) is -3.72. The normalized spacial score (nSPS) is 11.9. The molecule has 7 heteroatoms. The van der Waals surface area contributed by atoms with E-state index in [0.717, 1.165) is 19.4 Å². The Labute approximate surface area is 102 Å². The van der Waals surface area contributed by atoms with E-state index < -0.39 is 10.0 Å². The minimum absolute atomic E-state index is 0.0939. The van der Waals surface area contributed by atoms with Crippen molar-refractivity contribution in [2.75, 3.05) is 13.2 Å². The summed E-state index contributed by atoms with van der Waals surface area (Å²) in [6.45, 7) is 5.69. The molecule has 0 aliphatic heterocycles. The fourth-order valence-corrected chi connectivity index (χ4v) is 1.89. The van der Waals surface area contributed by atoms with Gasteiger partial charge in [0.05, 0.1) is 6.61 Å². The predicted octanol–water partition coefficient (Wildman–Crippen LogP) is 0.656. The molecule has 1 rings (SSSR count). The van der Waals surface area contributed by atoms with Crippen LogP contribution in [0.2, 0.25) is 0 Å². The van der Waals surface area contributed by atoms with Gasteiger partial charge in [-0.3, -0.25) is 0 Å². The number of imidazole rings is 1. The maximum atomic E-state index is 11.1. The van der Waals surface area contributed by atoms with Crippen LogP contribution in [-0.2, 0) is 21.3 Å². The molecule has 0 fully saturated rings. The summed E-state index contributed by atoms with van der Waals surface area (Å²) in [6, 6.07) is 0. The van der Waals surface area contributed by atoms with Crippen molar-refractivity contribution >= 4 is 10.0 Å². The second kappa shape index (κ2) is 6.13. The van der Waals surface area contributed by atoms with E-state index >= 15 is 0 Å². The molecule has 0 spiro atoms. The van der Waals surface area contributed by atoms with Crippen LogP contribution in [0, 0.1) is 6.92 Å². The van der Waals surface area contributed by atoms with Crippen LogP contribution in [0.1, 0.15) is 25.6 Å². The van der Waals surface area contributed by atoms with E-state index in [1.54, 1.807) is 11.5 Å². The second-order valence-electron chi connectivity index (χ2n) is 3.83. The first kappa shape index (κ1) is 14.1. The zero-order chi connectivity index (χ0) is 12.9. The molecule has 0 saturated carbocycles. The number of ether oxygens (including phenoxy) is 1. The molecule has 1 heterocycles. The van der Waals surface area contributed by atoms with Crippen LogP contribution in [0.5, 0.6) is 0 Å². The van der Waals surface area contributed by atoms with E-state index in [9.17, 15) is 8.42 Å². The van der Waals surface area contributed by atoms with Crippen LogP contribution < -0.4 is 5.14 Å². The van der Waals surface area contributed by atoms with Crippen molar-refractivity contribution in [2.45, 2.75) is 38.3 Å². The number of aryl methyl sites for hydroxylation is 1. The first-order valence-corrected chi connectivity index (χ1v) is 7.14. The highest BCUT2D eigenvalue weighted by Crippen LogP contribution is 2.06. The summed E-state index contributed by atoms with van der Waals surface area (Å²) in [5.41, 5.74) is 0. The Kier molecular flexibility index (Phi) is 5.10. The number of sulfonamides is 1. The minimum atomic E-state index is -3.72. The highest BCUT2D eigenvalue weighted by molar-refractivity contribution is 7.89. The summed E-state index contributed by atoms with van der Waals surface area (Å²) in [5, 5.41) is 4.90. The van der Waals surface area contributed by atoms with Gasteiger partial charge in [0.2, 0.25) is 0 Å². The van der Waals surface area contributed by atoms with Gasteiger partial charge in [-0.25, -0.2) is 18.5 Å². The lowest BCUT2D eigenvalue weighted by Crippen LogP contribution is -2.12. The van der Waals surface area contributed by atoms with Crippen LogP contribution in [0.3, 0.4) is 0 Å². The highest BCUT2D eigenvalue weighted by atomic mass is 32.2. The molecule has 0 aliphatic rings. The van der Waals surface area contributed by atoms with E-state index in [1.165, 1.54) is 6.20 Å². The second-order valence-corrected chi connectivity index (χ2v) is 5.34. The average molecular weight is 261 g/mol. The van der Waals surface area contributed by atoms with Crippen molar-refractivity contribution in [2.24, 2.45) is 5.14 Å². The van der Waals surface area contributed by atoms with Crippen LogP contribution in [0.25, 0.3) is 0 Å². The Hall–Kier alpha value is -0.920. The molecule has 6 nitrogen and oxygen atoms in total. The van der Waals surface area contributed by atoms with Crippen molar-refractivity contribution in [1.29, 1.82) is 0 Å². The lowest BCUT2D eigenvalue weighted by atomic mass is 10.4. The highest BCUT2D eigenvalue weighted by Gasteiger charge is 2.13. The van der Waals surface area contributed by atoms with Gasteiger partial charge >= 0.3 is 0 Å². The molecule has 1 aromatic rings. The quantitative estimate of drug-likeness (QED) is 0.730. The summed E-state index contributed by atoms with van der Waals surface area (Å²) < 4.78 is 29.3. The molecule has 98 valence electrons. The monoisotopic (exact) mass is 261 g/mol. The van der Waals surface area contributed by atoms with Gasteiger partial charge in [-0.1, -0.05) is 13.3 Å². The number of aromatic nitrogens is 2. The topological polar surface area (TPSA) is 87.2 Å². The number of rotatable bonds is 7. The number of hydrogen-bond acceptors (Lipinski definition) is 4. The molecule has 0 aliphatic carbocycles. The van der Waals surface area contributed by atoms with Crippen molar-refractivity contribution in [3.05, 3.63) is 12.0 Å². The molecular weight excluding hydrogens is 242 g/mol. The van der Waals surface area contributed by atoms with E-state index in [1.807, 2.05) is 0 Å². The molecule has 0 aromatic carbocycles. The lowest BCUT2D eigenvalue weighted by Gasteiger charge is -2.05. The molecule has 0 bridgehead atoms. The van der Waals surface area contributed by atoms with Gasteiger partial charge in [0.15, 0.2) is 5.03 Å². The van der Waals surface area contributed by atoms with E-state index in [2.05, 4.69) is 11.9 Å². The summed E-state index contributed by atoms with van der Waals surface area (Å²) in [6.07, 6.45) is 3.57. The van der Waals surface area contributed by atoms with Crippen molar-refractivity contribution in [3.8, 4) is 0 Å². The first-order chi connectivity index (χ1) is 7.95. The Morgan fingerprint density at radius 3 is 2.71 bits per heavy atom. The van der Waals surface area contributed by atoms with Crippen molar-refractivity contribution < 1.29 is 13.2 Å². The van der Waals surface area contributed by atoms with Gasteiger partial charge in [0.1, 0.15) is 5.82 Å². The Bertz CT molecular complexity index is 453. The Morgan fingerprint density at radius 2 is 2.18 bits per heavy atom. The number of primary sulfonamides is 1. The van der Waals surface area contributed by atoms with Gasteiger partial charge < -0.3 is 9.30 Å². The number of nitrogens with zero attached hydrogens (tertiary/aromatic N) is 2. The standard InChI is InChI=1S/C10H19N3O3S/c1-3-4-6-16-7-5-13-8-10(12-9(13)2)17(11,14)15/h8H,3-7H2,1-2H3,(H2,11,14,15). The molecule has 17 heavy (non-hydrogen) atoms. The SMILES string of the molecule is CCCCOCCn1cc(S(N)(=O)=O)nc1C. The van der Waals surface area contributed by atoms with Crippen LogP contribution >= 0.6 is 0 Å². The molecule has 0 radical (unpaired) electrons. The molecular formula is C10H19N3O3S. The van der Waals surface area contributed by atoms with Crippen LogP contribution in [0.15, 0.2) is 11.2 Å². The smallest absolute Gasteiger partial charge is 0.257 e. The lowest BCUT2D eigenvalue weighted by molar-refractivity contribution is 0.123. The zero-order valence-electron chi connectivity index (χ0n) is 10.2. The fraction of sp³-hybridized carbons (Fsp3) is 0.700. The van der Waals surface area contributed by atoms with Crippen molar-refractivity contribution in [3.63, 3.8) is 0 Å². The fourth-order valence-electron chi connectivity index (χ4n) is 1.35. The maximum absolute atomic E-state index is 11.1. The molecule has 0 amide bonds. The van der Waals surface area contributed by atoms with Crippen molar-refractivity contribution in [1.82, 2.24) is 9.55 Å². The van der Waals surface area contributed by atoms with Crippen LogP contribution in [-0.4, -0.2) is 31.2 Å². The first-order valence-electron chi connectivity index (χ1n) is 5.59. The third-order valence-electron chi connectivity index (χ3n) is 2.36. The summed E-state index contributed by atoms with van der Waals surface area (Å²) >= 11 is 0. The molecule has 0 unspecified atom stereocenters.